The average Bonchev–Trinajstić information content (AvgIpc) is 3.41. The van der Waals surface area contributed by atoms with Gasteiger partial charge in [-0.05, 0) is 42.0 Å². The summed E-state index contributed by atoms with van der Waals surface area (Å²) in [5, 5.41) is 12.0. The topological polar surface area (TPSA) is 115 Å². The quantitative estimate of drug-likeness (QED) is 0.414. The highest BCUT2D eigenvalue weighted by atomic mass is 32.2. The minimum Gasteiger partial charge on any atom is -0.496 e. The summed E-state index contributed by atoms with van der Waals surface area (Å²) in [7, 11) is -2.37. The van der Waals surface area contributed by atoms with Gasteiger partial charge in [-0.3, -0.25) is 9.40 Å². The van der Waals surface area contributed by atoms with Gasteiger partial charge in [-0.2, -0.15) is 5.10 Å². The average molecular weight is 481 g/mol. The van der Waals surface area contributed by atoms with Crippen LogP contribution in [0.25, 0.3) is 11.0 Å². The molecule has 0 aliphatic carbocycles. The fourth-order valence-corrected chi connectivity index (χ4v) is 5.72. The number of nitrogens with one attached hydrogen (secondary N) is 2. The highest BCUT2D eigenvalue weighted by Crippen LogP contribution is 2.38. The molecule has 2 aromatic carbocycles. The zero-order valence-corrected chi connectivity index (χ0v) is 19.4. The van der Waals surface area contributed by atoms with E-state index in [1.165, 1.54) is 7.11 Å². The van der Waals surface area contributed by atoms with E-state index in [4.69, 9.17) is 9.26 Å². The summed E-state index contributed by atoms with van der Waals surface area (Å²) < 4.78 is 41.8. The number of rotatable bonds is 7. The number of anilines is 2. The van der Waals surface area contributed by atoms with Crippen LogP contribution in [0.3, 0.4) is 0 Å². The van der Waals surface area contributed by atoms with Crippen LogP contribution in [0.1, 0.15) is 5.56 Å². The van der Waals surface area contributed by atoms with Crippen LogP contribution < -0.4 is 19.7 Å². The van der Waals surface area contributed by atoms with Gasteiger partial charge >= 0.3 is 0 Å². The van der Waals surface area contributed by atoms with Crippen LogP contribution in [0.5, 0.6) is 5.75 Å². The van der Waals surface area contributed by atoms with Gasteiger partial charge in [0, 0.05) is 49.7 Å². The predicted molar refractivity (Wildman–Crippen MR) is 127 cm³/mol. The third-order valence-corrected chi connectivity index (χ3v) is 7.83. The summed E-state index contributed by atoms with van der Waals surface area (Å²) in [4.78, 5) is 2.37. The first kappa shape index (κ1) is 21.0. The molecule has 0 unspecified atom stereocenters. The lowest BCUT2D eigenvalue weighted by Crippen LogP contribution is -2.71. The maximum absolute atomic E-state index is 13.2. The van der Waals surface area contributed by atoms with E-state index in [2.05, 4.69) is 25.2 Å². The third-order valence-electron chi connectivity index (χ3n) is 6.50. The van der Waals surface area contributed by atoms with E-state index in [1.54, 1.807) is 35.1 Å². The number of nitrogens with zero attached hydrogens (tertiary/aromatic N) is 4. The molecule has 34 heavy (non-hydrogen) atoms. The Kier molecular flexibility index (Phi) is 4.78. The third kappa shape index (κ3) is 3.57. The number of ether oxygens (including phenoxy) is 1. The molecule has 10 nitrogen and oxygen atoms in total. The van der Waals surface area contributed by atoms with Gasteiger partial charge in [0.1, 0.15) is 11.1 Å². The second kappa shape index (κ2) is 7.74. The minimum absolute atomic E-state index is 0.0892. The number of hydrogen-bond donors (Lipinski definition) is 2. The molecule has 0 saturated carbocycles. The van der Waals surface area contributed by atoms with Crippen molar-refractivity contribution in [1.29, 1.82) is 0 Å². The van der Waals surface area contributed by atoms with E-state index in [0.717, 1.165) is 37.4 Å². The molecule has 176 valence electrons. The highest BCUT2D eigenvalue weighted by molar-refractivity contribution is 7.92. The molecule has 2 aliphatic heterocycles. The van der Waals surface area contributed by atoms with Crippen molar-refractivity contribution in [2.75, 3.05) is 42.9 Å². The van der Waals surface area contributed by atoms with Crippen LogP contribution in [0.4, 0.5) is 11.5 Å². The van der Waals surface area contributed by atoms with Crippen molar-refractivity contribution < 1.29 is 17.7 Å². The Morgan fingerprint density at radius 1 is 1.21 bits per heavy atom. The largest absolute Gasteiger partial charge is 0.496 e. The first-order valence-corrected chi connectivity index (χ1v) is 12.5. The number of sulfonamides is 1. The van der Waals surface area contributed by atoms with E-state index >= 15 is 0 Å². The van der Waals surface area contributed by atoms with Gasteiger partial charge in [0.2, 0.25) is 0 Å². The van der Waals surface area contributed by atoms with Crippen LogP contribution in [0, 0.1) is 5.41 Å². The number of methoxy groups -OCH3 is 1. The van der Waals surface area contributed by atoms with Crippen LogP contribution >= 0.6 is 0 Å². The molecule has 1 spiro atoms. The molecule has 0 bridgehead atoms. The van der Waals surface area contributed by atoms with Crippen LogP contribution in [-0.2, 0) is 16.6 Å². The Morgan fingerprint density at radius 3 is 2.76 bits per heavy atom. The summed E-state index contributed by atoms with van der Waals surface area (Å²) in [6, 6.07) is 12.5. The molecule has 0 radical (unpaired) electrons. The number of fused-ring (bicyclic) bond motifs is 1. The normalized spacial score (nSPS) is 16.9. The molecular weight excluding hydrogens is 456 g/mol. The molecule has 2 fully saturated rings. The molecular formula is C23H24N6O4S. The predicted octanol–water partition coefficient (Wildman–Crippen LogP) is 2.29. The van der Waals surface area contributed by atoms with Crippen molar-refractivity contribution in [1.82, 2.24) is 20.3 Å². The lowest BCUT2D eigenvalue weighted by atomic mass is 9.74. The number of aromatic nitrogens is 3. The first-order valence-electron chi connectivity index (χ1n) is 11.0. The summed E-state index contributed by atoms with van der Waals surface area (Å²) in [5.74, 6) is 0.554. The molecule has 0 amide bonds. The van der Waals surface area contributed by atoms with E-state index in [1.807, 2.05) is 24.4 Å². The molecule has 2 N–H and O–H groups in total. The SMILES string of the molecule is COc1cc(Cn2cccn2)cc2onc(NS(=O)(=O)c3cccc(N4CC5(CNC5)C4)c3)c12. The molecule has 2 aromatic heterocycles. The number of benzene rings is 2. The van der Waals surface area contributed by atoms with Gasteiger partial charge in [-0.15, -0.1) is 0 Å². The molecule has 6 rings (SSSR count). The molecule has 11 heteroatoms. The van der Waals surface area contributed by atoms with Crippen LogP contribution in [-0.4, -0.2) is 56.6 Å². The molecule has 4 heterocycles. The van der Waals surface area contributed by atoms with E-state index < -0.39 is 10.0 Å². The van der Waals surface area contributed by atoms with Gasteiger partial charge in [0.25, 0.3) is 10.0 Å². The number of hydrogen-bond acceptors (Lipinski definition) is 8. The fourth-order valence-electron chi connectivity index (χ4n) is 4.67. The van der Waals surface area contributed by atoms with Gasteiger partial charge in [-0.25, -0.2) is 8.42 Å². The summed E-state index contributed by atoms with van der Waals surface area (Å²) in [5.41, 5.74) is 2.55. The summed E-state index contributed by atoms with van der Waals surface area (Å²) in [6.07, 6.45) is 3.56. The zero-order valence-electron chi connectivity index (χ0n) is 18.6. The minimum atomic E-state index is -3.89. The maximum Gasteiger partial charge on any atom is 0.263 e. The van der Waals surface area contributed by atoms with Gasteiger partial charge in [0.15, 0.2) is 11.4 Å². The van der Waals surface area contributed by atoms with Crippen LogP contribution in [0.2, 0.25) is 0 Å². The Balaban J connectivity index is 1.27. The second-order valence-electron chi connectivity index (χ2n) is 8.97. The van der Waals surface area contributed by atoms with E-state index in [-0.39, 0.29) is 10.7 Å². The molecule has 2 saturated heterocycles. The Bertz CT molecular complexity index is 1450. The van der Waals surface area contributed by atoms with Crippen molar-refractivity contribution in [3.63, 3.8) is 0 Å². The zero-order chi connectivity index (χ0) is 23.3. The van der Waals surface area contributed by atoms with Crippen molar-refractivity contribution in [2.45, 2.75) is 11.4 Å². The lowest BCUT2D eigenvalue weighted by molar-refractivity contribution is 0.121. The second-order valence-corrected chi connectivity index (χ2v) is 10.7. The van der Waals surface area contributed by atoms with Crippen LogP contribution in [0.15, 0.2) is 64.3 Å². The van der Waals surface area contributed by atoms with Crippen molar-refractivity contribution in [3.05, 3.63) is 60.4 Å². The van der Waals surface area contributed by atoms with Crippen molar-refractivity contribution in [3.8, 4) is 5.75 Å². The first-order chi connectivity index (χ1) is 16.4. The van der Waals surface area contributed by atoms with Gasteiger partial charge in [-0.1, -0.05) is 11.2 Å². The molecule has 4 aromatic rings. The highest BCUT2D eigenvalue weighted by Gasteiger charge is 2.47. The Morgan fingerprint density at radius 2 is 2.06 bits per heavy atom. The smallest absolute Gasteiger partial charge is 0.263 e. The molecule has 0 atom stereocenters. The fraction of sp³-hybridized carbons (Fsp3) is 0.304. The Labute approximate surface area is 196 Å². The van der Waals surface area contributed by atoms with E-state index in [0.29, 0.717) is 28.7 Å². The monoisotopic (exact) mass is 480 g/mol. The molecule has 2 aliphatic rings. The standard InChI is InChI=1S/C23H24N6O4S/c1-32-19-8-16(11-29-7-3-6-25-29)9-20-21(19)22(26-33-20)27-34(30,31)18-5-2-4-17(10-18)28-14-23(15-28)12-24-13-23/h2-10,24H,11-15H2,1H3,(H,26,27). The lowest BCUT2D eigenvalue weighted by Gasteiger charge is -2.57. The summed E-state index contributed by atoms with van der Waals surface area (Å²) >= 11 is 0. The van der Waals surface area contributed by atoms with Crippen molar-refractivity contribution in [2.24, 2.45) is 5.41 Å². The van der Waals surface area contributed by atoms with Crippen molar-refractivity contribution >= 4 is 32.5 Å². The Hall–Kier alpha value is -3.57. The van der Waals surface area contributed by atoms with Gasteiger partial charge < -0.3 is 19.5 Å². The summed E-state index contributed by atoms with van der Waals surface area (Å²) in [6.45, 7) is 4.43. The maximum atomic E-state index is 13.2. The van der Waals surface area contributed by atoms with E-state index in [9.17, 15) is 8.42 Å². The van der Waals surface area contributed by atoms with Gasteiger partial charge in [0.05, 0.1) is 18.6 Å².